The molecule has 13 heavy (non-hydrogen) atoms. The van der Waals surface area contributed by atoms with Crippen LogP contribution < -0.4 is 0 Å². The largest absolute Gasteiger partial charge is 0.289 e. The first-order valence-corrected chi connectivity index (χ1v) is 4.14. The molecule has 1 atom stereocenters. The zero-order valence-electron chi connectivity index (χ0n) is 8.15. The molecule has 0 aliphatic carbocycles. The van der Waals surface area contributed by atoms with E-state index in [9.17, 15) is 0 Å². The van der Waals surface area contributed by atoms with E-state index in [0.717, 1.165) is 11.4 Å². The van der Waals surface area contributed by atoms with Gasteiger partial charge in [-0.25, -0.2) is 0 Å². The van der Waals surface area contributed by atoms with Crippen molar-refractivity contribution in [3.05, 3.63) is 29.6 Å². The van der Waals surface area contributed by atoms with Gasteiger partial charge in [-0.05, 0) is 33.2 Å². The van der Waals surface area contributed by atoms with Crippen LogP contribution in [-0.2, 0) is 0 Å². The van der Waals surface area contributed by atoms with Crippen LogP contribution in [0, 0.1) is 18.3 Å². The van der Waals surface area contributed by atoms with E-state index >= 15 is 0 Å². The molecule has 0 aliphatic rings. The third kappa shape index (κ3) is 2.27. The zero-order chi connectivity index (χ0) is 9.84. The summed E-state index contributed by atoms with van der Waals surface area (Å²) in [7, 11) is 3.75. The summed E-state index contributed by atoms with van der Waals surface area (Å²) in [6, 6.07) is 7.68. The highest BCUT2D eigenvalue weighted by Crippen LogP contribution is 2.14. The Balaban J connectivity index is 3.00. The number of hydrogen-bond acceptors (Lipinski definition) is 3. The van der Waals surface area contributed by atoms with Crippen molar-refractivity contribution in [1.82, 2.24) is 9.88 Å². The molecule has 0 aliphatic heterocycles. The predicted molar refractivity (Wildman–Crippen MR) is 51.0 cm³/mol. The summed E-state index contributed by atoms with van der Waals surface area (Å²) in [5.74, 6) is 0. The fourth-order valence-electron chi connectivity index (χ4n) is 1.16. The van der Waals surface area contributed by atoms with Crippen LogP contribution in [0.1, 0.15) is 17.4 Å². The van der Waals surface area contributed by atoms with Gasteiger partial charge in [-0.2, -0.15) is 5.26 Å². The third-order valence-electron chi connectivity index (χ3n) is 1.83. The van der Waals surface area contributed by atoms with Crippen molar-refractivity contribution in [1.29, 1.82) is 5.26 Å². The molecule has 0 saturated carbocycles. The summed E-state index contributed by atoms with van der Waals surface area (Å²) in [4.78, 5) is 6.15. The van der Waals surface area contributed by atoms with E-state index < -0.39 is 0 Å². The molecule has 1 aromatic heterocycles. The zero-order valence-corrected chi connectivity index (χ0v) is 8.15. The quantitative estimate of drug-likeness (QED) is 0.684. The molecule has 0 spiro atoms. The lowest BCUT2D eigenvalue weighted by molar-refractivity contribution is 0.352. The van der Waals surface area contributed by atoms with Gasteiger partial charge in [0.1, 0.15) is 6.04 Å². The van der Waals surface area contributed by atoms with Crippen LogP contribution in [0.2, 0.25) is 0 Å². The van der Waals surface area contributed by atoms with Crippen molar-refractivity contribution in [3.8, 4) is 6.07 Å². The lowest BCUT2D eigenvalue weighted by Crippen LogP contribution is -2.19. The van der Waals surface area contributed by atoms with E-state index in [1.165, 1.54) is 0 Å². The Morgan fingerprint density at radius 3 is 2.62 bits per heavy atom. The molecule has 0 fully saturated rings. The highest BCUT2D eigenvalue weighted by atomic mass is 15.1. The summed E-state index contributed by atoms with van der Waals surface area (Å²) in [6.45, 7) is 1.92. The van der Waals surface area contributed by atoms with Crippen LogP contribution in [0.15, 0.2) is 18.2 Å². The van der Waals surface area contributed by atoms with E-state index in [1.807, 2.05) is 44.1 Å². The normalized spacial score (nSPS) is 12.5. The van der Waals surface area contributed by atoms with Gasteiger partial charge in [-0.15, -0.1) is 0 Å². The minimum atomic E-state index is -0.250. The topological polar surface area (TPSA) is 39.9 Å². The average Bonchev–Trinajstić information content (AvgIpc) is 2.04. The Labute approximate surface area is 78.6 Å². The second-order valence-electron chi connectivity index (χ2n) is 3.20. The molecule has 3 heteroatoms. The first kappa shape index (κ1) is 9.69. The molecular formula is C10H13N3. The first-order chi connectivity index (χ1) is 6.15. The van der Waals surface area contributed by atoms with Crippen molar-refractivity contribution in [2.45, 2.75) is 13.0 Å². The Kier molecular flexibility index (Phi) is 2.99. The fourth-order valence-corrected chi connectivity index (χ4v) is 1.16. The Morgan fingerprint density at radius 2 is 2.15 bits per heavy atom. The molecule has 3 nitrogen and oxygen atoms in total. The molecule has 0 bridgehead atoms. The standard InChI is InChI=1S/C10H13N3/c1-8-5-4-6-9(12-8)10(7-11)13(2)3/h4-6,10H,1-3H3. The van der Waals surface area contributed by atoms with Crippen molar-refractivity contribution in [2.24, 2.45) is 0 Å². The molecule has 1 rings (SSSR count). The summed E-state index contributed by atoms with van der Waals surface area (Å²) in [6.07, 6.45) is 0. The van der Waals surface area contributed by atoms with E-state index in [2.05, 4.69) is 11.1 Å². The molecule has 68 valence electrons. The third-order valence-corrected chi connectivity index (χ3v) is 1.83. The van der Waals surface area contributed by atoms with Gasteiger partial charge in [-0.3, -0.25) is 9.88 Å². The Hall–Kier alpha value is -1.40. The van der Waals surface area contributed by atoms with Gasteiger partial charge in [0, 0.05) is 5.69 Å². The molecular weight excluding hydrogens is 162 g/mol. The van der Waals surface area contributed by atoms with Crippen LogP contribution in [0.5, 0.6) is 0 Å². The van der Waals surface area contributed by atoms with Crippen molar-refractivity contribution in [2.75, 3.05) is 14.1 Å². The summed E-state index contributed by atoms with van der Waals surface area (Å²) in [5.41, 5.74) is 1.76. The molecule has 0 aromatic carbocycles. The fraction of sp³-hybridized carbons (Fsp3) is 0.400. The van der Waals surface area contributed by atoms with Crippen LogP contribution in [-0.4, -0.2) is 24.0 Å². The van der Waals surface area contributed by atoms with Gasteiger partial charge >= 0.3 is 0 Å². The van der Waals surface area contributed by atoms with Crippen molar-refractivity contribution < 1.29 is 0 Å². The number of aryl methyl sites for hydroxylation is 1. The summed E-state index contributed by atoms with van der Waals surface area (Å²) < 4.78 is 0. The number of pyridine rings is 1. The molecule has 0 amide bonds. The smallest absolute Gasteiger partial charge is 0.140 e. The minimum Gasteiger partial charge on any atom is -0.289 e. The average molecular weight is 175 g/mol. The van der Waals surface area contributed by atoms with Gasteiger partial charge in [0.2, 0.25) is 0 Å². The molecule has 0 radical (unpaired) electrons. The lowest BCUT2D eigenvalue weighted by Gasteiger charge is -2.16. The maximum atomic E-state index is 8.91. The SMILES string of the molecule is Cc1cccc(C(C#N)N(C)C)n1. The molecule has 1 unspecified atom stereocenters. The predicted octanol–water partition coefficient (Wildman–Crippen LogP) is 1.52. The Morgan fingerprint density at radius 1 is 1.46 bits per heavy atom. The van der Waals surface area contributed by atoms with E-state index in [0.29, 0.717) is 0 Å². The first-order valence-electron chi connectivity index (χ1n) is 4.14. The van der Waals surface area contributed by atoms with Gasteiger partial charge in [0.25, 0.3) is 0 Å². The van der Waals surface area contributed by atoms with Gasteiger partial charge in [-0.1, -0.05) is 6.07 Å². The second kappa shape index (κ2) is 4.01. The van der Waals surface area contributed by atoms with Crippen LogP contribution in [0.4, 0.5) is 0 Å². The maximum absolute atomic E-state index is 8.91. The number of aromatic nitrogens is 1. The van der Waals surface area contributed by atoms with Crippen molar-refractivity contribution in [3.63, 3.8) is 0 Å². The number of hydrogen-bond donors (Lipinski definition) is 0. The molecule has 1 aromatic rings. The number of nitriles is 1. The maximum Gasteiger partial charge on any atom is 0.140 e. The second-order valence-corrected chi connectivity index (χ2v) is 3.20. The van der Waals surface area contributed by atoms with Crippen LogP contribution in [0.25, 0.3) is 0 Å². The molecule has 1 heterocycles. The lowest BCUT2D eigenvalue weighted by atomic mass is 10.2. The van der Waals surface area contributed by atoms with E-state index in [1.54, 1.807) is 0 Å². The number of nitrogens with zero attached hydrogens (tertiary/aromatic N) is 3. The van der Waals surface area contributed by atoms with Crippen molar-refractivity contribution >= 4 is 0 Å². The summed E-state index contributed by atoms with van der Waals surface area (Å²) in [5, 5.41) is 8.91. The molecule has 0 N–H and O–H groups in total. The van der Waals surface area contributed by atoms with Crippen LogP contribution in [0.3, 0.4) is 0 Å². The molecule has 0 saturated heterocycles. The van der Waals surface area contributed by atoms with Gasteiger partial charge in [0.15, 0.2) is 0 Å². The number of rotatable bonds is 2. The minimum absolute atomic E-state index is 0.250. The highest BCUT2D eigenvalue weighted by Gasteiger charge is 2.13. The Bertz CT molecular complexity index is 325. The monoisotopic (exact) mass is 175 g/mol. The van der Waals surface area contributed by atoms with E-state index in [-0.39, 0.29) is 6.04 Å². The van der Waals surface area contributed by atoms with E-state index in [4.69, 9.17) is 5.26 Å². The summed E-state index contributed by atoms with van der Waals surface area (Å²) >= 11 is 0. The van der Waals surface area contributed by atoms with Gasteiger partial charge in [0.05, 0.1) is 11.8 Å². The van der Waals surface area contributed by atoms with Gasteiger partial charge < -0.3 is 0 Å². The highest BCUT2D eigenvalue weighted by molar-refractivity contribution is 5.18. The van der Waals surface area contributed by atoms with Crippen LogP contribution >= 0.6 is 0 Å².